The zero-order chi connectivity index (χ0) is 10.8. The molecule has 0 saturated carbocycles. The minimum atomic E-state index is -4.25. The summed E-state index contributed by atoms with van der Waals surface area (Å²) in [6.07, 6.45) is -4.25. The van der Waals surface area contributed by atoms with Crippen LogP contribution in [0.1, 0.15) is 0 Å². The molecule has 0 aliphatic rings. The smallest absolute Gasteiger partial charge is 0.207 e. The lowest BCUT2D eigenvalue weighted by Crippen LogP contribution is -2.10. The molecule has 0 fully saturated rings. The highest BCUT2D eigenvalue weighted by Crippen LogP contribution is 2.32. The molecule has 0 aliphatic carbocycles. The minimum absolute atomic E-state index is 0.000694. The Labute approximate surface area is 87.2 Å². The van der Waals surface area contributed by atoms with E-state index in [1.54, 1.807) is 0 Å². The van der Waals surface area contributed by atoms with Crippen LogP contribution in [-0.4, -0.2) is 11.9 Å². The van der Waals surface area contributed by atoms with Gasteiger partial charge in [-0.1, -0.05) is 11.6 Å². The van der Waals surface area contributed by atoms with Crippen LogP contribution >= 0.6 is 23.4 Å². The van der Waals surface area contributed by atoms with Crippen LogP contribution in [0.25, 0.3) is 0 Å². The normalized spacial score (nSPS) is 11.8. The number of hydrogen-bond donors (Lipinski definition) is 0. The van der Waals surface area contributed by atoms with E-state index >= 15 is 0 Å². The van der Waals surface area contributed by atoms with Gasteiger partial charge in [-0.25, -0.2) is 4.39 Å². The summed E-state index contributed by atoms with van der Waals surface area (Å²) in [5.74, 6) is -1.59. The maximum atomic E-state index is 12.5. The lowest BCUT2D eigenvalue weighted by Gasteiger charge is -2.06. The van der Waals surface area contributed by atoms with Crippen molar-refractivity contribution in [2.24, 2.45) is 0 Å². The van der Waals surface area contributed by atoms with Gasteiger partial charge in [0.15, 0.2) is 0 Å². The third-order valence-electron chi connectivity index (χ3n) is 1.29. The van der Waals surface area contributed by atoms with Gasteiger partial charge in [0.25, 0.3) is 0 Å². The molecule has 6 heteroatoms. The molecule has 0 aliphatic heterocycles. The molecule has 78 valence electrons. The predicted octanol–water partition coefficient (Wildman–Crippen LogP) is 4.13. The molecular weight excluding hydrogens is 240 g/mol. The van der Waals surface area contributed by atoms with Crippen molar-refractivity contribution in [1.82, 2.24) is 0 Å². The van der Waals surface area contributed by atoms with Gasteiger partial charge in [0, 0.05) is 4.90 Å². The summed E-state index contributed by atoms with van der Waals surface area (Å²) in [4.78, 5) is 0.227. The van der Waals surface area contributed by atoms with Crippen molar-refractivity contribution in [1.29, 1.82) is 0 Å². The summed E-state index contributed by atoms with van der Waals surface area (Å²) in [5, 5.41) is -0.000694. The number of benzene rings is 1. The van der Waals surface area contributed by atoms with E-state index in [2.05, 4.69) is 0 Å². The van der Waals surface area contributed by atoms with Gasteiger partial charge in [-0.15, -0.1) is 11.8 Å². The highest BCUT2D eigenvalue weighted by molar-refractivity contribution is 7.99. The van der Waals surface area contributed by atoms with Gasteiger partial charge >= 0.3 is 6.18 Å². The standard InChI is InChI=1S/C8H5ClF4S/c9-6-3-5(10)1-2-7(6)14-4-8(11,12)13/h1-3H,4H2. The van der Waals surface area contributed by atoms with E-state index in [-0.39, 0.29) is 9.92 Å². The molecule has 0 atom stereocenters. The Balaban J connectivity index is 2.68. The largest absolute Gasteiger partial charge is 0.398 e. The van der Waals surface area contributed by atoms with Crippen molar-refractivity contribution in [3.05, 3.63) is 29.0 Å². The molecule has 1 aromatic carbocycles. The van der Waals surface area contributed by atoms with Crippen LogP contribution in [0.15, 0.2) is 23.1 Å². The summed E-state index contributed by atoms with van der Waals surface area (Å²) in [6, 6.07) is 3.29. The van der Waals surface area contributed by atoms with Crippen molar-refractivity contribution in [2.75, 3.05) is 5.75 Å². The highest BCUT2D eigenvalue weighted by Gasteiger charge is 2.27. The average molecular weight is 245 g/mol. The van der Waals surface area contributed by atoms with Crippen molar-refractivity contribution in [2.45, 2.75) is 11.1 Å². The molecule has 0 unspecified atom stereocenters. The van der Waals surface area contributed by atoms with E-state index in [9.17, 15) is 17.6 Å². The maximum absolute atomic E-state index is 12.5. The van der Waals surface area contributed by atoms with Crippen molar-refractivity contribution in [3.63, 3.8) is 0 Å². The fraction of sp³-hybridized carbons (Fsp3) is 0.250. The van der Waals surface area contributed by atoms with Crippen molar-refractivity contribution < 1.29 is 17.6 Å². The van der Waals surface area contributed by atoms with Gasteiger partial charge in [-0.05, 0) is 18.2 Å². The SMILES string of the molecule is Fc1ccc(SCC(F)(F)F)c(Cl)c1. The zero-order valence-corrected chi connectivity index (χ0v) is 8.31. The highest BCUT2D eigenvalue weighted by atomic mass is 35.5. The Morgan fingerprint density at radius 1 is 1.29 bits per heavy atom. The number of thioether (sulfide) groups is 1. The lowest BCUT2D eigenvalue weighted by molar-refractivity contribution is -0.105. The first kappa shape index (κ1) is 11.7. The summed E-state index contributed by atoms with van der Waals surface area (Å²) < 4.78 is 47.9. The van der Waals surface area contributed by atoms with Crippen LogP contribution in [0, 0.1) is 5.82 Å². The molecule has 0 aromatic heterocycles. The van der Waals surface area contributed by atoms with Gasteiger partial charge in [0.2, 0.25) is 0 Å². The van der Waals surface area contributed by atoms with E-state index in [1.165, 1.54) is 6.07 Å². The molecular formula is C8H5ClF4S. The molecule has 0 nitrogen and oxygen atoms in total. The van der Waals surface area contributed by atoms with E-state index in [0.29, 0.717) is 11.8 Å². The topological polar surface area (TPSA) is 0 Å². The average Bonchev–Trinajstić information content (AvgIpc) is 2.00. The van der Waals surface area contributed by atoms with Gasteiger partial charge in [0.1, 0.15) is 5.82 Å². The van der Waals surface area contributed by atoms with Crippen LogP contribution < -0.4 is 0 Å². The van der Waals surface area contributed by atoms with E-state index in [4.69, 9.17) is 11.6 Å². The summed E-state index contributed by atoms with van der Waals surface area (Å²) in [7, 11) is 0. The summed E-state index contributed by atoms with van der Waals surface area (Å²) in [6.45, 7) is 0. The second kappa shape index (κ2) is 4.40. The van der Waals surface area contributed by atoms with Crippen LogP contribution in [0.4, 0.5) is 17.6 Å². The van der Waals surface area contributed by atoms with Gasteiger partial charge < -0.3 is 0 Å². The first-order chi connectivity index (χ1) is 6.38. The van der Waals surface area contributed by atoms with Crippen LogP contribution in [0.5, 0.6) is 0 Å². The fourth-order valence-electron chi connectivity index (χ4n) is 0.752. The minimum Gasteiger partial charge on any atom is -0.207 e. The lowest BCUT2D eigenvalue weighted by atomic mass is 10.3. The first-order valence-corrected chi connectivity index (χ1v) is 4.89. The molecule has 1 rings (SSSR count). The van der Waals surface area contributed by atoms with Gasteiger partial charge in [-0.3, -0.25) is 0 Å². The predicted molar refractivity (Wildman–Crippen MR) is 48.2 cm³/mol. The Morgan fingerprint density at radius 3 is 2.43 bits per heavy atom. The van der Waals surface area contributed by atoms with E-state index in [1.807, 2.05) is 0 Å². The number of alkyl halides is 3. The van der Waals surface area contributed by atoms with E-state index < -0.39 is 17.7 Å². The Hall–Kier alpha value is -0.420. The van der Waals surface area contributed by atoms with Crippen LogP contribution in [-0.2, 0) is 0 Å². The van der Waals surface area contributed by atoms with E-state index in [0.717, 1.165) is 12.1 Å². The Bertz CT molecular complexity index is 324. The maximum Gasteiger partial charge on any atom is 0.398 e. The van der Waals surface area contributed by atoms with Gasteiger partial charge in [-0.2, -0.15) is 13.2 Å². The molecule has 14 heavy (non-hydrogen) atoms. The third kappa shape index (κ3) is 3.75. The molecule has 0 bridgehead atoms. The zero-order valence-electron chi connectivity index (χ0n) is 6.74. The third-order valence-corrected chi connectivity index (χ3v) is 2.85. The number of hydrogen-bond acceptors (Lipinski definition) is 1. The molecule has 0 amide bonds. The Morgan fingerprint density at radius 2 is 1.93 bits per heavy atom. The first-order valence-electron chi connectivity index (χ1n) is 3.53. The number of halogens is 5. The molecule has 1 aromatic rings. The summed E-state index contributed by atoms with van der Waals surface area (Å²) in [5.41, 5.74) is 0. The second-order valence-corrected chi connectivity index (χ2v) is 3.90. The fourth-order valence-corrected chi connectivity index (χ4v) is 1.76. The molecule has 0 radical (unpaired) electrons. The molecule has 0 N–H and O–H groups in total. The molecule has 0 saturated heterocycles. The second-order valence-electron chi connectivity index (χ2n) is 2.48. The Kier molecular flexibility index (Phi) is 3.66. The van der Waals surface area contributed by atoms with Crippen molar-refractivity contribution in [3.8, 4) is 0 Å². The monoisotopic (exact) mass is 244 g/mol. The number of rotatable bonds is 2. The molecule has 0 heterocycles. The molecule has 0 spiro atoms. The van der Waals surface area contributed by atoms with Crippen molar-refractivity contribution >= 4 is 23.4 Å². The van der Waals surface area contributed by atoms with Crippen LogP contribution in [0.2, 0.25) is 5.02 Å². The van der Waals surface area contributed by atoms with Gasteiger partial charge in [0.05, 0.1) is 10.8 Å². The summed E-state index contributed by atoms with van der Waals surface area (Å²) >= 11 is 6.07. The quantitative estimate of drug-likeness (QED) is 0.557. The van der Waals surface area contributed by atoms with Crippen LogP contribution in [0.3, 0.4) is 0 Å².